The average molecular weight is 237 g/mol. The van der Waals surface area contributed by atoms with Gasteiger partial charge in [0.05, 0.1) is 0 Å². The third-order valence-electron chi connectivity index (χ3n) is 2.69. The van der Waals surface area contributed by atoms with Crippen molar-refractivity contribution in [3.8, 4) is 0 Å². The van der Waals surface area contributed by atoms with Gasteiger partial charge in [0, 0.05) is 43.9 Å². The zero-order valence-electron chi connectivity index (χ0n) is 9.78. The Labute approximate surface area is 102 Å². The number of rotatable bonds is 4. The molecule has 0 aromatic carbocycles. The smallest absolute Gasteiger partial charge is 0.125 e. The van der Waals surface area contributed by atoms with E-state index in [9.17, 15) is 0 Å². The topological polar surface area (TPSA) is 28.2 Å². The molecule has 0 radical (unpaired) electrons. The third kappa shape index (κ3) is 3.39. The predicted molar refractivity (Wildman–Crippen MR) is 71.0 cm³/mol. The molecule has 1 fully saturated rings. The number of nitrogens with zero attached hydrogens (tertiary/aromatic N) is 2. The van der Waals surface area contributed by atoms with Gasteiger partial charge in [-0.2, -0.15) is 11.8 Å². The van der Waals surface area contributed by atoms with Crippen LogP contribution in [0.1, 0.15) is 12.5 Å². The zero-order valence-corrected chi connectivity index (χ0v) is 10.6. The van der Waals surface area contributed by atoms with Crippen molar-refractivity contribution in [1.29, 1.82) is 0 Å². The minimum Gasteiger partial charge on any atom is -0.370 e. The van der Waals surface area contributed by atoms with E-state index in [-0.39, 0.29) is 0 Å². The van der Waals surface area contributed by atoms with Crippen LogP contribution in [0.15, 0.2) is 18.3 Å². The first-order chi connectivity index (χ1) is 7.88. The number of anilines is 1. The molecule has 3 nitrogen and oxygen atoms in total. The molecular weight excluding hydrogens is 218 g/mol. The molecule has 1 aliphatic rings. The monoisotopic (exact) mass is 237 g/mol. The Balaban J connectivity index is 1.88. The van der Waals surface area contributed by atoms with Crippen molar-refractivity contribution in [2.45, 2.75) is 13.5 Å². The van der Waals surface area contributed by atoms with Gasteiger partial charge in [-0.05, 0) is 18.6 Å². The molecule has 1 aromatic rings. The van der Waals surface area contributed by atoms with Crippen LogP contribution in [0.4, 0.5) is 5.82 Å². The van der Waals surface area contributed by atoms with Gasteiger partial charge in [0.2, 0.25) is 0 Å². The number of pyridine rings is 1. The van der Waals surface area contributed by atoms with E-state index in [1.54, 1.807) is 0 Å². The van der Waals surface area contributed by atoms with E-state index >= 15 is 0 Å². The van der Waals surface area contributed by atoms with Crippen molar-refractivity contribution in [1.82, 2.24) is 9.88 Å². The summed E-state index contributed by atoms with van der Waals surface area (Å²) in [6.07, 6.45) is 1.99. The summed E-state index contributed by atoms with van der Waals surface area (Å²) in [6.45, 7) is 6.47. The van der Waals surface area contributed by atoms with Gasteiger partial charge < -0.3 is 5.32 Å². The summed E-state index contributed by atoms with van der Waals surface area (Å²) in [7, 11) is 0. The maximum absolute atomic E-state index is 4.39. The lowest BCUT2D eigenvalue weighted by Crippen LogP contribution is -2.31. The van der Waals surface area contributed by atoms with Crippen molar-refractivity contribution >= 4 is 17.6 Å². The first-order valence-corrected chi connectivity index (χ1v) is 7.03. The Morgan fingerprint density at radius 1 is 1.38 bits per heavy atom. The molecule has 4 heteroatoms. The van der Waals surface area contributed by atoms with Crippen LogP contribution in [-0.4, -0.2) is 41.0 Å². The Bertz CT molecular complexity index is 307. The quantitative estimate of drug-likeness (QED) is 0.867. The van der Waals surface area contributed by atoms with Crippen molar-refractivity contribution in [2.24, 2.45) is 0 Å². The molecule has 1 aromatic heterocycles. The second-order valence-electron chi connectivity index (χ2n) is 3.97. The van der Waals surface area contributed by atoms with Crippen LogP contribution in [0.2, 0.25) is 0 Å². The molecule has 0 aliphatic carbocycles. The number of nitrogens with one attached hydrogen (secondary N) is 1. The molecule has 2 rings (SSSR count). The van der Waals surface area contributed by atoms with Gasteiger partial charge in [-0.3, -0.25) is 4.90 Å². The van der Waals surface area contributed by atoms with Crippen LogP contribution in [-0.2, 0) is 6.54 Å². The number of hydrogen-bond donors (Lipinski definition) is 1. The molecule has 16 heavy (non-hydrogen) atoms. The lowest BCUT2D eigenvalue weighted by Gasteiger charge is -2.25. The highest BCUT2D eigenvalue weighted by Gasteiger charge is 2.10. The zero-order chi connectivity index (χ0) is 11.2. The number of thioether (sulfide) groups is 1. The van der Waals surface area contributed by atoms with E-state index in [0.717, 1.165) is 18.9 Å². The van der Waals surface area contributed by atoms with Crippen molar-refractivity contribution in [3.63, 3.8) is 0 Å². The predicted octanol–water partition coefficient (Wildman–Crippen LogP) is 2.06. The first kappa shape index (κ1) is 11.7. The SMILES string of the molecule is CCNc1ccc(CN2CCSCC2)cn1. The molecule has 1 saturated heterocycles. The van der Waals surface area contributed by atoms with Crippen molar-refractivity contribution < 1.29 is 0 Å². The van der Waals surface area contributed by atoms with Gasteiger partial charge in [-0.15, -0.1) is 0 Å². The lowest BCUT2D eigenvalue weighted by molar-refractivity contribution is 0.294. The largest absolute Gasteiger partial charge is 0.370 e. The Morgan fingerprint density at radius 3 is 2.81 bits per heavy atom. The molecule has 1 N–H and O–H groups in total. The molecule has 2 heterocycles. The number of aromatic nitrogens is 1. The van der Waals surface area contributed by atoms with Crippen LogP contribution in [0.3, 0.4) is 0 Å². The van der Waals surface area contributed by atoms with Gasteiger partial charge in [0.25, 0.3) is 0 Å². The fourth-order valence-electron chi connectivity index (χ4n) is 1.82. The highest BCUT2D eigenvalue weighted by Crippen LogP contribution is 2.13. The molecule has 0 saturated carbocycles. The summed E-state index contributed by atoms with van der Waals surface area (Å²) in [5.74, 6) is 3.51. The summed E-state index contributed by atoms with van der Waals surface area (Å²) < 4.78 is 0. The molecule has 0 bridgehead atoms. The third-order valence-corrected chi connectivity index (χ3v) is 3.64. The van der Waals surface area contributed by atoms with Crippen molar-refractivity contribution in [3.05, 3.63) is 23.9 Å². The summed E-state index contributed by atoms with van der Waals surface area (Å²) in [5, 5.41) is 3.21. The fourth-order valence-corrected chi connectivity index (χ4v) is 2.80. The van der Waals surface area contributed by atoms with Gasteiger partial charge in [-0.25, -0.2) is 4.98 Å². The fraction of sp³-hybridized carbons (Fsp3) is 0.583. The van der Waals surface area contributed by atoms with Crippen LogP contribution >= 0.6 is 11.8 Å². The summed E-state index contributed by atoms with van der Waals surface area (Å²) in [6, 6.07) is 4.24. The van der Waals surface area contributed by atoms with Crippen LogP contribution in [0.5, 0.6) is 0 Å². The maximum Gasteiger partial charge on any atom is 0.125 e. The first-order valence-electron chi connectivity index (χ1n) is 5.87. The van der Waals surface area contributed by atoms with E-state index in [1.165, 1.54) is 30.2 Å². The van der Waals surface area contributed by atoms with Gasteiger partial charge in [0.15, 0.2) is 0 Å². The molecule has 0 atom stereocenters. The minimum absolute atomic E-state index is 0.926. The van der Waals surface area contributed by atoms with E-state index < -0.39 is 0 Å². The van der Waals surface area contributed by atoms with E-state index in [4.69, 9.17) is 0 Å². The van der Waals surface area contributed by atoms with Gasteiger partial charge in [-0.1, -0.05) is 6.07 Å². The average Bonchev–Trinajstić information content (AvgIpc) is 2.33. The molecule has 0 unspecified atom stereocenters. The Morgan fingerprint density at radius 2 is 2.19 bits per heavy atom. The second kappa shape index (κ2) is 6.11. The van der Waals surface area contributed by atoms with Gasteiger partial charge in [0.1, 0.15) is 5.82 Å². The van der Waals surface area contributed by atoms with Gasteiger partial charge >= 0.3 is 0 Å². The normalized spacial score (nSPS) is 17.3. The van der Waals surface area contributed by atoms with Crippen LogP contribution in [0.25, 0.3) is 0 Å². The highest BCUT2D eigenvalue weighted by atomic mass is 32.2. The Hall–Kier alpha value is -0.740. The highest BCUT2D eigenvalue weighted by molar-refractivity contribution is 7.99. The molecule has 88 valence electrons. The summed E-state index contributed by atoms with van der Waals surface area (Å²) in [4.78, 5) is 6.89. The molecular formula is C12H19N3S. The summed E-state index contributed by atoms with van der Waals surface area (Å²) in [5.41, 5.74) is 1.31. The lowest BCUT2D eigenvalue weighted by atomic mass is 10.2. The van der Waals surface area contributed by atoms with Crippen LogP contribution < -0.4 is 5.32 Å². The van der Waals surface area contributed by atoms with E-state index in [0.29, 0.717) is 0 Å². The molecule has 1 aliphatic heterocycles. The Kier molecular flexibility index (Phi) is 4.48. The number of hydrogen-bond acceptors (Lipinski definition) is 4. The maximum atomic E-state index is 4.39. The van der Waals surface area contributed by atoms with E-state index in [2.05, 4.69) is 46.0 Å². The minimum atomic E-state index is 0.926. The van der Waals surface area contributed by atoms with E-state index in [1.807, 2.05) is 6.20 Å². The molecule has 0 amide bonds. The summed E-state index contributed by atoms with van der Waals surface area (Å²) >= 11 is 2.05. The van der Waals surface area contributed by atoms with Crippen molar-refractivity contribution in [2.75, 3.05) is 36.5 Å². The second-order valence-corrected chi connectivity index (χ2v) is 5.20. The van der Waals surface area contributed by atoms with Crippen LogP contribution in [0, 0.1) is 0 Å². The molecule has 0 spiro atoms. The standard InChI is InChI=1S/C12H19N3S/c1-2-13-12-4-3-11(9-14-12)10-15-5-7-16-8-6-15/h3-4,9H,2,5-8,10H2,1H3,(H,13,14).